The molecule has 82 valence electrons. The van der Waals surface area contributed by atoms with Gasteiger partial charge in [-0.25, -0.2) is 15.8 Å². The highest BCUT2D eigenvalue weighted by Gasteiger charge is 2.02. The Morgan fingerprint density at radius 1 is 1.25 bits per heavy atom. The van der Waals surface area contributed by atoms with Crippen molar-refractivity contribution >= 4 is 5.82 Å². The molecule has 3 N–H and O–H groups in total. The van der Waals surface area contributed by atoms with Crippen molar-refractivity contribution in [1.29, 1.82) is 0 Å². The number of aryl methyl sites for hydroxylation is 1. The van der Waals surface area contributed by atoms with E-state index in [-0.39, 0.29) is 0 Å². The van der Waals surface area contributed by atoms with Crippen LogP contribution in [0.4, 0.5) is 5.82 Å². The van der Waals surface area contributed by atoms with E-state index in [2.05, 4.69) is 15.4 Å². The minimum atomic E-state index is 0.456. The van der Waals surface area contributed by atoms with Gasteiger partial charge in [-0.1, -0.05) is 18.2 Å². The van der Waals surface area contributed by atoms with E-state index in [9.17, 15) is 0 Å². The number of para-hydroxylation sites is 1. The minimum absolute atomic E-state index is 0.456. The maximum Gasteiger partial charge on any atom is 0.224 e. The van der Waals surface area contributed by atoms with Crippen LogP contribution in [-0.4, -0.2) is 9.97 Å². The number of hydrogen-bond acceptors (Lipinski definition) is 5. The lowest BCUT2D eigenvalue weighted by molar-refractivity contribution is 0.458. The summed E-state index contributed by atoms with van der Waals surface area (Å²) in [4.78, 5) is 7.89. The molecule has 1 heterocycles. The fourth-order valence-corrected chi connectivity index (χ4v) is 1.26. The summed E-state index contributed by atoms with van der Waals surface area (Å²) in [6, 6.07) is 9.35. The van der Waals surface area contributed by atoms with E-state index in [1.807, 2.05) is 31.2 Å². The topological polar surface area (TPSA) is 73.1 Å². The molecule has 2 aromatic rings. The van der Waals surface area contributed by atoms with Crippen molar-refractivity contribution in [3.63, 3.8) is 0 Å². The molecule has 1 aromatic carbocycles. The van der Waals surface area contributed by atoms with Gasteiger partial charge >= 0.3 is 0 Å². The number of nitrogens with two attached hydrogens (primary N) is 1. The maximum absolute atomic E-state index is 5.60. The summed E-state index contributed by atoms with van der Waals surface area (Å²) < 4.78 is 5.60. The number of anilines is 1. The van der Waals surface area contributed by atoms with Crippen LogP contribution in [0.1, 0.15) is 5.56 Å². The quantitative estimate of drug-likeness (QED) is 0.605. The highest BCUT2D eigenvalue weighted by molar-refractivity contribution is 5.39. The van der Waals surface area contributed by atoms with Crippen LogP contribution in [0.25, 0.3) is 0 Å². The van der Waals surface area contributed by atoms with E-state index in [1.165, 1.54) is 6.33 Å². The number of hydrogen-bond donors (Lipinski definition) is 2. The summed E-state index contributed by atoms with van der Waals surface area (Å²) in [5.74, 6) is 6.98. The minimum Gasteiger partial charge on any atom is -0.439 e. The molecule has 1 aromatic heterocycles. The van der Waals surface area contributed by atoms with Crippen LogP contribution in [0.2, 0.25) is 0 Å². The van der Waals surface area contributed by atoms with Gasteiger partial charge in [0.1, 0.15) is 17.9 Å². The summed E-state index contributed by atoms with van der Waals surface area (Å²) in [5, 5.41) is 0. The Balaban J connectivity index is 2.24. The number of nitrogen functional groups attached to an aromatic ring is 1. The van der Waals surface area contributed by atoms with Crippen LogP contribution in [-0.2, 0) is 0 Å². The van der Waals surface area contributed by atoms with Crippen molar-refractivity contribution in [2.75, 3.05) is 5.43 Å². The van der Waals surface area contributed by atoms with Gasteiger partial charge in [0.05, 0.1) is 0 Å². The Kier molecular flexibility index (Phi) is 2.98. The fourth-order valence-electron chi connectivity index (χ4n) is 1.26. The molecule has 0 aliphatic carbocycles. The molecule has 0 aliphatic rings. The molecular weight excluding hydrogens is 204 g/mol. The second kappa shape index (κ2) is 4.59. The predicted octanol–water partition coefficient (Wildman–Crippen LogP) is 1.86. The monoisotopic (exact) mass is 216 g/mol. The zero-order valence-electron chi connectivity index (χ0n) is 8.84. The summed E-state index contributed by atoms with van der Waals surface area (Å²) >= 11 is 0. The van der Waals surface area contributed by atoms with E-state index in [4.69, 9.17) is 10.6 Å². The highest BCUT2D eigenvalue weighted by Crippen LogP contribution is 2.23. The zero-order chi connectivity index (χ0) is 11.4. The van der Waals surface area contributed by atoms with Gasteiger partial charge in [-0.3, -0.25) is 0 Å². The Hall–Kier alpha value is -2.14. The van der Waals surface area contributed by atoms with Gasteiger partial charge < -0.3 is 10.2 Å². The van der Waals surface area contributed by atoms with E-state index in [1.54, 1.807) is 6.07 Å². The second-order valence-corrected chi connectivity index (χ2v) is 3.25. The molecule has 0 fully saturated rings. The third-order valence-corrected chi connectivity index (χ3v) is 2.10. The standard InChI is InChI=1S/C11H12N4O/c1-8-4-2-3-5-9(8)16-11-6-10(15-12)13-7-14-11/h2-7H,12H2,1H3,(H,13,14,15). The van der Waals surface area contributed by atoms with Crippen LogP contribution in [0.15, 0.2) is 36.7 Å². The smallest absolute Gasteiger partial charge is 0.224 e. The molecule has 0 amide bonds. The molecule has 5 nitrogen and oxygen atoms in total. The van der Waals surface area contributed by atoms with E-state index < -0.39 is 0 Å². The molecule has 16 heavy (non-hydrogen) atoms. The molecule has 5 heteroatoms. The Morgan fingerprint density at radius 3 is 2.81 bits per heavy atom. The van der Waals surface area contributed by atoms with Crippen LogP contribution in [0.5, 0.6) is 11.6 Å². The highest BCUT2D eigenvalue weighted by atomic mass is 16.5. The zero-order valence-corrected chi connectivity index (χ0v) is 8.84. The van der Waals surface area contributed by atoms with Crippen molar-refractivity contribution in [2.45, 2.75) is 6.92 Å². The molecule has 0 bridgehead atoms. The van der Waals surface area contributed by atoms with Gasteiger partial charge in [0.15, 0.2) is 0 Å². The molecule has 0 radical (unpaired) electrons. The van der Waals surface area contributed by atoms with Crippen molar-refractivity contribution < 1.29 is 4.74 Å². The molecule has 0 saturated heterocycles. The molecular formula is C11H12N4O. The summed E-state index contributed by atoms with van der Waals surface area (Å²) in [6.07, 6.45) is 1.39. The number of nitrogens with zero attached hydrogens (tertiary/aromatic N) is 2. The average Bonchev–Trinajstić information content (AvgIpc) is 2.32. The lowest BCUT2D eigenvalue weighted by Crippen LogP contribution is -2.08. The normalized spacial score (nSPS) is 9.88. The van der Waals surface area contributed by atoms with Gasteiger partial charge in [-0.15, -0.1) is 0 Å². The van der Waals surface area contributed by atoms with Crippen molar-refractivity contribution in [1.82, 2.24) is 9.97 Å². The number of rotatable bonds is 3. The first-order valence-electron chi connectivity index (χ1n) is 4.82. The second-order valence-electron chi connectivity index (χ2n) is 3.25. The van der Waals surface area contributed by atoms with Crippen LogP contribution < -0.4 is 16.0 Å². The third-order valence-electron chi connectivity index (χ3n) is 2.10. The number of aromatic nitrogens is 2. The maximum atomic E-state index is 5.60. The molecule has 0 saturated carbocycles. The fraction of sp³-hybridized carbons (Fsp3) is 0.0909. The van der Waals surface area contributed by atoms with Gasteiger partial charge in [0.25, 0.3) is 0 Å². The number of hydrazine groups is 1. The molecule has 0 atom stereocenters. The Bertz CT molecular complexity index is 487. The van der Waals surface area contributed by atoms with E-state index >= 15 is 0 Å². The Morgan fingerprint density at radius 2 is 2.06 bits per heavy atom. The average molecular weight is 216 g/mol. The van der Waals surface area contributed by atoms with Crippen molar-refractivity contribution in [3.8, 4) is 11.6 Å². The SMILES string of the molecule is Cc1ccccc1Oc1cc(NN)ncn1. The van der Waals surface area contributed by atoms with E-state index in [0.29, 0.717) is 11.7 Å². The van der Waals surface area contributed by atoms with E-state index in [0.717, 1.165) is 11.3 Å². The molecule has 0 unspecified atom stereocenters. The van der Waals surface area contributed by atoms with Crippen LogP contribution >= 0.6 is 0 Å². The van der Waals surface area contributed by atoms with Crippen LogP contribution in [0.3, 0.4) is 0 Å². The van der Waals surface area contributed by atoms with Crippen LogP contribution in [0, 0.1) is 6.92 Å². The number of nitrogens with one attached hydrogen (secondary N) is 1. The molecule has 0 spiro atoms. The first kappa shape index (κ1) is 10.4. The van der Waals surface area contributed by atoms with Crippen molar-refractivity contribution in [3.05, 3.63) is 42.2 Å². The van der Waals surface area contributed by atoms with Crippen molar-refractivity contribution in [2.24, 2.45) is 5.84 Å². The molecule has 0 aliphatic heterocycles. The lowest BCUT2D eigenvalue weighted by Gasteiger charge is -2.07. The van der Waals surface area contributed by atoms with Gasteiger partial charge in [0.2, 0.25) is 5.88 Å². The molecule has 2 rings (SSSR count). The first-order valence-corrected chi connectivity index (χ1v) is 4.82. The Labute approximate surface area is 93.3 Å². The summed E-state index contributed by atoms with van der Waals surface area (Å²) in [7, 11) is 0. The third kappa shape index (κ3) is 2.26. The number of ether oxygens (including phenoxy) is 1. The number of benzene rings is 1. The lowest BCUT2D eigenvalue weighted by atomic mass is 10.2. The predicted molar refractivity (Wildman–Crippen MR) is 61.1 cm³/mol. The summed E-state index contributed by atoms with van der Waals surface area (Å²) in [6.45, 7) is 1.97. The first-order chi connectivity index (χ1) is 7.79. The van der Waals surface area contributed by atoms with Gasteiger partial charge in [0, 0.05) is 6.07 Å². The summed E-state index contributed by atoms with van der Waals surface area (Å²) in [5.41, 5.74) is 3.48. The van der Waals surface area contributed by atoms with Gasteiger partial charge in [-0.05, 0) is 18.6 Å². The van der Waals surface area contributed by atoms with Gasteiger partial charge in [-0.2, -0.15) is 0 Å². The largest absolute Gasteiger partial charge is 0.439 e.